The fraction of sp³-hybridized carbons (Fsp3) is 0.588. The van der Waals surface area contributed by atoms with Crippen molar-refractivity contribution in [2.75, 3.05) is 68.5 Å². The Balaban J connectivity index is -0.0000000555. The van der Waals surface area contributed by atoms with Crippen LogP contribution in [0.2, 0.25) is 0 Å². The van der Waals surface area contributed by atoms with Gasteiger partial charge in [-0.05, 0) is 0 Å². The molecule has 0 unspecified atom stereocenters. The van der Waals surface area contributed by atoms with E-state index >= 15 is 0 Å². The Hall–Kier alpha value is 2.43. The first-order valence-corrected chi connectivity index (χ1v) is 15.3. The van der Waals surface area contributed by atoms with E-state index in [9.17, 15) is 0 Å². The molecule has 0 saturated carbocycles. The van der Waals surface area contributed by atoms with E-state index < -0.39 is 0 Å². The Kier molecular flexibility index (Phi) is 67.7. The molecule has 24 heteroatoms. The zero-order chi connectivity index (χ0) is 31.4. The molecule has 41 heavy (non-hydrogen) atoms. The molecule has 0 aromatic rings. The van der Waals surface area contributed by atoms with Crippen LogP contribution in [0.4, 0.5) is 0 Å². The van der Waals surface area contributed by atoms with Crippen molar-refractivity contribution in [2.24, 2.45) is 0 Å². The molecule has 0 heterocycles. The monoisotopic (exact) mass is 955 g/mol. The molecule has 0 aliphatic carbocycles. The van der Waals surface area contributed by atoms with Gasteiger partial charge < -0.3 is 210 Å². The Morgan fingerprint density at radius 2 is 0.537 bits per heavy atom. The summed E-state index contributed by atoms with van der Waals surface area (Å²) < 4.78 is 3.02. The zero-order valence-corrected chi connectivity index (χ0v) is 39.5. The maximum Gasteiger partial charge on any atom is 3.00 e. The van der Waals surface area contributed by atoms with Crippen LogP contribution >= 0.6 is 85.5 Å². The standard InChI is InChI=1S/2C4H8N2S4.3C3H7NS2.Fe.Mn.Zn/c2*7-3(8)5-1-2-6-4(9)10;3*1-4(2)3(5)6;;;/h2*1-2H2,(H2,5,7,8)(H2,6,9,10);3*1-2H3,(H,5,6);;;/q;;;;;+3;2*+2/p-7. The first-order chi connectivity index (χ1) is 17.2. The molecule has 0 aliphatic heterocycles. The third kappa shape index (κ3) is 85.8. The van der Waals surface area contributed by atoms with Crippen molar-refractivity contribution in [3.05, 3.63) is 0 Å². The SMILES string of the molecule is CN(C)C(=S)[S-].CN(C)C(=S)[S-].CN(C)C(=S)[S-].S=C([S-])NCCNC(=S)[S-].S=C([S-])NCCNC(=S)[S-].[Fe+3].[Mn+2].[Zn+2]. The summed E-state index contributed by atoms with van der Waals surface area (Å²) in [6.45, 7) is 2.66. The van der Waals surface area contributed by atoms with E-state index in [0.717, 1.165) is 0 Å². The van der Waals surface area contributed by atoms with Crippen LogP contribution in [-0.2, 0) is 142 Å². The van der Waals surface area contributed by atoms with Crippen LogP contribution in [0.1, 0.15) is 0 Å². The number of thiocarbonyl (C=S) groups is 7. The Morgan fingerprint density at radius 1 is 0.439 bits per heavy atom. The fourth-order valence-corrected chi connectivity index (χ4v) is 1.47. The van der Waals surface area contributed by atoms with Gasteiger partial charge in [0.1, 0.15) is 0 Å². The smallest absolute Gasteiger partial charge is 0.412 e. The fourth-order valence-electron chi connectivity index (χ4n) is 0.658. The molecule has 0 fully saturated rings. The molecular formula is C17H30FeMnN7S14Zn. The molecule has 0 aromatic heterocycles. The van der Waals surface area contributed by atoms with Gasteiger partial charge in [-0.1, -0.05) is 30.2 Å². The van der Waals surface area contributed by atoms with Crippen molar-refractivity contribution >= 4 is 204 Å². The van der Waals surface area contributed by atoms with Crippen molar-refractivity contribution in [3.63, 3.8) is 0 Å². The van der Waals surface area contributed by atoms with E-state index in [1.807, 2.05) is 42.3 Å². The summed E-state index contributed by atoms with van der Waals surface area (Å²) >= 11 is 64.1. The molecule has 0 aromatic carbocycles. The molecule has 0 rings (SSSR count). The molecule has 0 aliphatic rings. The first-order valence-electron chi connectivity index (χ1n) is 9.63. The van der Waals surface area contributed by atoms with Gasteiger partial charge in [0.25, 0.3) is 0 Å². The second-order valence-electron chi connectivity index (χ2n) is 6.34. The van der Waals surface area contributed by atoms with Crippen molar-refractivity contribution < 1.29 is 53.6 Å². The summed E-state index contributed by atoms with van der Waals surface area (Å²) in [5, 5.41) is 11.1. The molecule has 2 radical (unpaired) electrons. The van der Waals surface area contributed by atoms with Gasteiger partial charge in [0.2, 0.25) is 0 Å². The second kappa shape index (κ2) is 44.6. The molecule has 0 saturated heterocycles. The van der Waals surface area contributed by atoms with Crippen molar-refractivity contribution in [3.8, 4) is 0 Å². The van der Waals surface area contributed by atoms with Crippen molar-refractivity contribution in [1.82, 2.24) is 36.0 Å². The van der Waals surface area contributed by atoms with Gasteiger partial charge in [-0.15, -0.1) is 0 Å². The molecule has 0 atom stereocenters. The first kappa shape index (κ1) is 62.3. The van der Waals surface area contributed by atoms with Gasteiger partial charge in [0, 0.05) is 68.5 Å². The minimum Gasteiger partial charge on any atom is -0.412 e. The summed E-state index contributed by atoms with van der Waals surface area (Å²) in [5.41, 5.74) is 0. The number of rotatable bonds is 6. The van der Waals surface area contributed by atoms with E-state index in [-0.39, 0.29) is 53.6 Å². The average Bonchev–Trinajstić information content (AvgIpc) is 2.75. The molecule has 7 nitrogen and oxygen atoms in total. The van der Waals surface area contributed by atoms with Crippen LogP contribution in [0.15, 0.2) is 0 Å². The van der Waals surface area contributed by atoms with Gasteiger partial charge in [-0.3, -0.25) is 0 Å². The van der Waals surface area contributed by atoms with E-state index in [1.165, 1.54) is 0 Å². The van der Waals surface area contributed by atoms with Crippen molar-refractivity contribution in [1.29, 1.82) is 0 Å². The molecule has 234 valence electrons. The Bertz CT molecular complexity index is 631. The maximum atomic E-state index is 4.59. The summed E-state index contributed by atoms with van der Waals surface area (Å²) in [5.74, 6) is 0. The largest absolute Gasteiger partial charge is 3.00 e. The number of nitrogens with zero attached hydrogens (tertiary/aromatic N) is 3. The van der Waals surface area contributed by atoms with Crippen LogP contribution in [0.5, 0.6) is 0 Å². The molecule has 4 N–H and O–H groups in total. The zero-order valence-electron chi connectivity index (χ0n) is 22.8. The average molecular weight is 958 g/mol. The van der Waals surface area contributed by atoms with E-state index in [0.29, 0.717) is 56.4 Å². The molecule has 0 spiro atoms. The third-order valence-corrected chi connectivity index (χ3v) is 5.77. The Labute approximate surface area is 357 Å². The van der Waals surface area contributed by atoms with Crippen molar-refractivity contribution in [2.45, 2.75) is 0 Å². The van der Waals surface area contributed by atoms with Crippen LogP contribution in [0.25, 0.3) is 0 Å². The summed E-state index contributed by atoms with van der Waals surface area (Å²) in [6, 6.07) is 0. The summed E-state index contributed by atoms with van der Waals surface area (Å²) in [6.07, 6.45) is 0. The molecule has 0 amide bonds. The minimum atomic E-state index is 0. The van der Waals surface area contributed by atoms with Crippen LogP contribution < -0.4 is 21.3 Å². The predicted molar refractivity (Wildman–Crippen MR) is 213 cm³/mol. The molecular weight excluding hydrogens is 927 g/mol. The van der Waals surface area contributed by atoms with Gasteiger partial charge in [0.15, 0.2) is 0 Å². The van der Waals surface area contributed by atoms with Gasteiger partial charge in [0.05, 0.1) is 0 Å². The van der Waals surface area contributed by atoms with Crippen LogP contribution in [0, 0.1) is 0 Å². The third-order valence-electron chi connectivity index (χ3n) is 2.42. The minimum absolute atomic E-state index is 0. The Morgan fingerprint density at radius 3 is 0.585 bits per heavy atom. The summed E-state index contributed by atoms with van der Waals surface area (Å²) in [7, 11) is 11.0. The van der Waals surface area contributed by atoms with Gasteiger partial charge >= 0.3 is 53.6 Å². The van der Waals surface area contributed by atoms with E-state index in [4.69, 9.17) is 0 Å². The second-order valence-corrected chi connectivity index (χ2v) is 13.7. The number of hydrogen-bond donors (Lipinski definition) is 4. The molecule has 0 bridgehead atoms. The number of nitrogens with one attached hydrogen (secondary N) is 4. The van der Waals surface area contributed by atoms with Gasteiger partial charge in [-0.2, -0.15) is 0 Å². The predicted octanol–water partition coefficient (Wildman–Crippen LogP) is 0.790. The van der Waals surface area contributed by atoms with Crippen LogP contribution in [0.3, 0.4) is 0 Å². The maximum absolute atomic E-state index is 4.59. The number of hydrogen-bond acceptors (Lipinski definition) is 14. The van der Waals surface area contributed by atoms with E-state index in [2.05, 4.69) is 195 Å². The van der Waals surface area contributed by atoms with Crippen LogP contribution in [-0.4, -0.2) is 113 Å². The topological polar surface area (TPSA) is 57.8 Å². The van der Waals surface area contributed by atoms with E-state index in [1.54, 1.807) is 14.7 Å². The quantitative estimate of drug-likeness (QED) is 0.132. The summed E-state index contributed by atoms with van der Waals surface area (Å²) in [4.78, 5) is 5.14. The normalized spacial score (nSPS) is 7.46. The van der Waals surface area contributed by atoms with Gasteiger partial charge in [-0.25, -0.2) is 0 Å².